The molecular formula is C18H17N5O3. The zero-order valence-electron chi connectivity index (χ0n) is 14.2. The maximum atomic E-state index is 12.9. The molecule has 1 aliphatic rings. The fourth-order valence-electron chi connectivity index (χ4n) is 2.99. The van der Waals surface area contributed by atoms with E-state index in [-0.39, 0.29) is 22.5 Å². The molecule has 132 valence electrons. The van der Waals surface area contributed by atoms with E-state index in [4.69, 9.17) is 0 Å². The van der Waals surface area contributed by atoms with Crippen LogP contribution in [0.4, 0.5) is 5.69 Å². The average Bonchev–Trinajstić information content (AvgIpc) is 3.47. The topological polar surface area (TPSA) is 110 Å². The van der Waals surface area contributed by atoms with Crippen LogP contribution < -0.4 is 16.6 Å². The van der Waals surface area contributed by atoms with E-state index in [1.165, 1.54) is 10.8 Å². The molecule has 0 spiro atoms. The molecule has 26 heavy (non-hydrogen) atoms. The Bertz CT molecular complexity index is 1110. The minimum atomic E-state index is -0.610. The van der Waals surface area contributed by atoms with Crippen LogP contribution in [0.15, 0.2) is 40.2 Å². The van der Waals surface area contributed by atoms with Crippen LogP contribution in [0.25, 0.3) is 11.0 Å². The Kier molecular flexibility index (Phi) is 3.87. The van der Waals surface area contributed by atoms with E-state index in [0.29, 0.717) is 12.2 Å². The molecule has 4 rings (SSSR count). The third-order valence-corrected chi connectivity index (χ3v) is 4.44. The van der Waals surface area contributed by atoms with Crippen molar-refractivity contribution in [2.75, 3.05) is 5.32 Å². The van der Waals surface area contributed by atoms with Gasteiger partial charge in [-0.25, -0.2) is 9.78 Å². The molecule has 8 nitrogen and oxygen atoms in total. The molecule has 8 heteroatoms. The number of aromatic nitrogens is 4. The molecule has 0 atom stereocenters. The molecular weight excluding hydrogens is 334 g/mol. The number of amides is 1. The highest BCUT2D eigenvalue weighted by atomic mass is 16.2. The van der Waals surface area contributed by atoms with Gasteiger partial charge in [0.25, 0.3) is 11.5 Å². The van der Waals surface area contributed by atoms with Gasteiger partial charge in [-0.05, 0) is 38.0 Å². The zero-order chi connectivity index (χ0) is 18.3. The number of nitrogens with zero attached hydrogens (tertiary/aromatic N) is 3. The van der Waals surface area contributed by atoms with Gasteiger partial charge in [-0.2, -0.15) is 0 Å². The van der Waals surface area contributed by atoms with E-state index in [1.807, 2.05) is 0 Å². The van der Waals surface area contributed by atoms with Crippen molar-refractivity contribution in [3.63, 3.8) is 0 Å². The minimum absolute atomic E-state index is 0.122. The number of H-pyrrole nitrogens is 1. The summed E-state index contributed by atoms with van der Waals surface area (Å²) in [6.45, 7) is 2.14. The molecule has 0 bridgehead atoms. The Morgan fingerprint density at radius 1 is 1.38 bits per heavy atom. The van der Waals surface area contributed by atoms with Crippen molar-refractivity contribution >= 4 is 22.6 Å². The fourth-order valence-corrected chi connectivity index (χ4v) is 2.99. The first-order chi connectivity index (χ1) is 12.6. The summed E-state index contributed by atoms with van der Waals surface area (Å²) in [6, 6.07) is 5.07. The van der Waals surface area contributed by atoms with Crippen molar-refractivity contribution in [2.45, 2.75) is 32.2 Å². The molecule has 1 amide bonds. The SMILES string of the molecule is CCn1c(=O)[nH]c(=O)c2c(C(=O)Nc3cccnc3)cc(C3CC3)nc21. The monoisotopic (exact) mass is 351 g/mol. The molecule has 0 unspecified atom stereocenters. The van der Waals surface area contributed by atoms with Gasteiger partial charge < -0.3 is 5.32 Å². The normalized spacial score (nSPS) is 13.7. The lowest BCUT2D eigenvalue weighted by Gasteiger charge is -2.12. The Labute approximate surface area is 147 Å². The van der Waals surface area contributed by atoms with E-state index in [2.05, 4.69) is 20.3 Å². The van der Waals surface area contributed by atoms with Gasteiger partial charge in [-0.3, -0.25) is 24.1 Å². The summed E-state index contributed by atoms with van der Waals surface area (Å²) >= 11 is 0. The van der Waals surface area contributed by atoms with Crippen LogP contribution in [-0.2, 0) is 6.54 Å². The standard InChI is InChI=1S/C18H17N5O3/c1-2-23-15-14(17(25)22-18(23)26)12(8-13(21-15)10-5-6-10)16(24)20-11-4-3-7-19-9-11/h3-4,7-10H,2,5-6H2,1H3,(H,20,24)(H,22,25,26). The predicted octanol–water partition coefficient (Wildman–Crippen LogP) is 1.63. The van der Waals surface area contributed by atoms with Gasteiger partial charge in [0.05, 0.1) is 22.8 Å². The van der Waals surface area contributed by atoms with Crippen LogP contribution >= 0.6 is 0 Å². The largest absolute Gasteiger partial charge is 0.329 e. The van der Waals surface area contributed by atoms with Crippen molar-refractivity contribution in [3.8, 4) is 0 Å². The molecule has 2 N–H and O–H groups in total. The van der Waals surface area contributed by atoms with Gasteiger partial charge in [-0.1, -0.05) is 0 Å². The van der Waals surface area contributed by atoms with Gasteiger partial charge in [0.15, 0.2) is 5.65 Å². The van der Waals surface area contributed by atoms with Crippen molar-refractivity contribution < 1.29 is 4.79 Å². The number of nitrogens with one attached hydrogen (secondary N) is 2. The molecule has 0 saturated heterocycles. The molecule has 3 aromatic heterocycles. The molecule has 0 aromatic carbocycles. The van der Waals surface area contributed by atoms with E-state index in [0.717, 1.165) is 18.5 Å². The number of aromatic amines is 1. The Morgan fingerprint density at radius 3 is 2.85 bits per heavy atom. The van der Waals surface area contributed by atoms with Crippen LogP contribution in [0, 0.1) is 0 Å². The molecule has 3 heterocycles. The smallest absolute Gasteiger partial charge is 0.321 e. The first-order valence-corrected chi connectivity index (χ1v) is 8.47. The van der Waals surface area contributed by atoms with E-state index >= 15 is 0 Å². The molecule has 0 radical (unpaired) electrons. The summed E-state index contributed by atoms with van der Waals surface area (Å²) in [5, 5.41) is 2.87. The Balaban J connectivity index is 1.94. The van der Waals surface area contributed by atoms with Gasteiger partial charge >= 0.3 is 5.69 Å². The second kappa shape index (κ2) is 6.21. The number of hydrogen-bond donors (Lipinski definition) is 2. The summed E-state index contributed by atoms with van der Waals surface area (Å²) < 4.78 is 1.38. The van der Waals surface area contributed by atoms with Crippen LogP contribution in [0.1, 0.15) is 41.7 Å². The third kappa shape index (κ3) is 2.79. The number of aryl methyl sites for hydroxylation is 1. The summed E-state index contributed by atoms with van der Waals surface area (Å²) in [6.07, 6.45) is 5.10. The highest BCUT2D eigenvalue weighted by molar-refractivity contribution is 6.11. The number of carbonyl (C=O) groups excluding carboxylic acids is 1. The van der Waals surface area contributed by atoms with Crippen molar-refractivity contribution in [1.29, 1.82) is 0 Å². The molecule has 0 aliphatic heterocycles. The molecule has 1 fully saturated rings. The second-order valence-corrected chi connectivity index (χ2v) is 6.27. The van der Waals surface area contributed by atoms with Crippen LogP contribution in [-0.4, -0.2) is 25.4 Å². The van der Waals surface area contributed by atoms with Gasteiger partial charge in [-0.15, -0.1) is 0 Å². The van der Waals surface area contributed by atoms with Crippen LogP contribution in [0.3, 0.4) is 0 Å². The van der Waals surface area contributed by atoms with E-state index < -0.39 is 17.2 Å². The summed E-state index contributed by atoms with van der Waals surface area (Å²) in [7, 11) is 0. The Hall–Kier alpha value is -3.29. The minimum Gasteiger partial charge on any atom is -0.321 e. The lowest BCUT2D eigenvalue weighted by molar-refractivity contribution is 0.102. The maximum Gasteiger partial charge on any atom is 0.329 e. The third-order valence-electron chi connectivity index (χ3n) is 4.44. The molecule has 1 saturated carbocycles. The van der Waals surface area contributed by atoms with Crippen LogP contribution in [0.2, 0.25) is 0 Å². The number of hydrogen-bond acceptors (Lipinski definition) is 5. The van der Waals surface area contributed by atoms with E-state index in [1.54, 1.807) is 31.3 Å². The fraction of sp³-hybridized carbons (Fsp3) is 0.278. The van der Waals surface area contributed by atoms with Crippen molar-refractivity contribution in [3.05, 3.63) is 62.7 Å². The second-order valence-electron chi connectivity index (χ2n) is 6.27. The number of carbonyl (C=O) groups is 1. The highest BCUT2D eigenvalue weighted by Crippen LogP contribution is 2.39. The first-order valence-electron chi connectivity index (χ1n) is 8.47. The lowest BCUT2D eigenvalue weighted by atomic mass is 10.1. The van der Waals surface area contributed by atoms with Crippen molar-refractivity contribution in [2.24, 2.45) is 0 Å². The number of fused-ring (bicyclic) bond motifs is 1. The van der Waals surface area contributed by atoms with Crippen molar-refractivity contribution in [1.82, 2.24) is 19.5 Å². The Morgan fingerprint density at radius 2 is 2.19 bits per heavy atom. The summed E-state index contributed by atoms with van der Waals surface area (Å²) in [4.78, 5) is 48.2. The average molecular weight is 351 g/mol. The highest BCUT2D eigenvalue weighted by Gasteiger charge is 2.28. The maximum absolute atomic E-state index is 12.9. The number of anilines is 1. The quantitative estimate of drug-likeness (QED) is 0.742. The summed E-state index contributed by atoms with van der Waals surface area (Å²) in [5.74, 6) is -0.164. The van der Waals surface area contributed by atoms with Gasteiger partial charge in [0.2, 0.25) is 0 Å². The van der Waals surface area contributed by atoms with Gasteiger partial charge in [0, 0.05) is 24.4 Å². The number of rotatable bonds is 4. The molecule has 3 aromatic rings. The summed E-state index contributed by atoms with van der Waals surface area (Å²) in [5.41, 5.74) is 0.591. The lowest BCUT2D eigenvalue weighted by Crippen LogP contribution is -2.32. The number of pyridine rings is 2. The molecule has 1 aliphatic carbocycles. The van der Waals surface area contributed by atoms with Crippen LogP contribution in [0.5, 0.6) is 0 Å². The van der Waals surface area contributed by atoms with Gasteiger partial charge in [0.1, 0.15) is 0 Å². The predicted molar refractivity (Wildman–Crippen MR) is 96.5 cm³/mol. The van der Waals surface area contributed by atoms with E-state index in [9.17, 15) is 14.4 Å². The zero-order valence-corrected chi connectivity index (χ0v) is 14.2. The first kappa shape index (κ1) is 16.2.